The molecular formula is C14H16BrNO. The Balaban J connectivity index is 1.75. The minimum atomic E-state index is 0.775. The molecule has 1 heterocycles. The molecule has 0 amide bonds. The smallest absolute Gasteiger partial charge is 0.169 e. The second-order valence-corrected chi connectivity index (χ2v) is 4.84. The van der Waals surface area contributed by atoms with Crippen molar-refractivity contribution in [2.75, 3.05) is 6.54 Å². The highest BCUT2D eigenvalue weighted by molar-refractivity contribution is 9.10. The summed E-state index contributed by atoms with van der Waals surface area (Å²) in [6, 6.07) is 12.4. The zero-order chi connectivity index (χ0) is 12.1. The van der Waals surface area contributed by atoms with Crippen molar-refractivity contribution >= 4 is 15.9 Å². The molecule has 3 heteroatoms. The fourth-order valence-corrected chi connectivity index (χ4v) is 2.11. The van der Waals surface area contributed by atoms with Gasteiger partial charge in [-0.15, -0.1) is 0 Å². The molecule has 0 radical (unpaired) electrons. The van der Waals surface area contributed by atoms with E-state index in [2.05, 4.69) is 52.4 Å². The van der Waals surface area contributed by atoms with Crippen LogP contribution < -0.4 is 5.32 Å². The van der Waals surface area contributed by atoms with Crippen molar-refractivity contribution in [3.05, 3.63) is 58.0 Å². The van der Waals surface area contributed by atoms with E-state index in [0.717, 1.165) is 29.9 Å². The first kappa shape index (κ1) is 12.4. The van der Waals surface area contributed by atoms with E-state index in [1.165, 1.54) is 11.1 Å². The maximum atomic E-state index is 5.41. The van der Waals surface area contributed by atoms with E-state index < -0.39 is 0 Å². The third kappa shape index (κ3) is 3.72. The highest BCUT2D eigenvalue weighted by Gasteiger charge is 1.99. The highest BCUT2D eigenvalue weighted by Crippen LogP contribution is 2.13. The van der Waals surface area contributed by atoms with Crippen molar-refractivity contribution in [3.63, 3.8) is 0 Å². The molecule has 90 valence electrons. The molecule has 1 aromatic heterocycles. The predicted molar refractivity (Wildman–Crippen MR) is 73.0 cm³/mol. The zero-order valence-corrected chi connectivity index (χ0v) is 11.5. The van der Waals surface area contributed by atoms with Crippen LogP contribution in [0.4, 0.5) is 0 Å². The summed E-state index contributed by atoms with van der Waals surface area (Å²) in [6.07, 6.45) is 1.05. The predicted octanol–water partition coefficient (Wildman–Crippen LogP) is 3.68. The monoisotopic (exact) mass is 293 g/mol. The molecule has 1 N–H and O–H groups in total. The van der Waals surface area contributed by atoms with E-state index in [1.54, 1.807) is 0 Å². The maximum Gasteiger partial charge on any atom is 0.169 e. The molecule has 0 unspecified atom stereocenters. The number of rotatable bonds is 5. The first-order chi connectivity index (χ1) is 8.25. The van der Waals surface area contributed by atoms with Gasteiger partial charge in [-0.2, -0.15) is 0 Å². The molecular weight excluding hydrogens is 278 g/mol. The second-order valence-electron chi connectivity index (χ2n) is 4.06. The molecule has 0 atom stereocenters. The van der Waals surface area contributed by atoms with Crippen molar-refractivity contribution in [1.29, 1.82) is 0 Å². The number of halogens is 1. The number of hydrogen-bond donors (Lipinski definition) is 1. The van der Waals surface area contributed by atoms with Gasteiger partial charge in [0.2, 0.25) is 0 Å². The Kier molecular flexibility index (Phi) is 4.40. The van der Waals surface area contributed by atoms with Crippen LogP contribution in [-0.4, -0.2) is 6.54 Å². The van der Waals surface area contributed by atoms with E-state index in [9.17, 15) is 0 Å². The van der Waals surface area contributed by atoms with Crippen LogP contribution in [0.2, 0.25) is 0 Å². The number of nitrogens with one attached hydrogen (secondary N) is 1. The number of aryl methyl sites for hydroxylation is 1. The Bertz CT molecular complexity index is 479. The lowest BCUT2D eigenvalue weighted by molar-refractivity contribution is 0.466. The average molecular weight is 294 g/mol. The molecule has 0 aliphatic heterocycles. The quantitative estimate of drug-likeness (QED) is 0.851. The summed E-state index contributed by atoms with van der Waals surface area (Å²) in [7, 11) is 0. The summed E-state index contributed by atoms with van der Waals surface area (Å²) in [5.41, 5.74) is 2.76. The SMILES string of the molecule is Cc1ccccc1CCNCc1ccc(Br)o1. The van der Waals surface area contributed by atoms with Crippen molar-refractivity contribution < 1.29 is 4.42 Å². The van der Waals surface area contributed by atoms with E-state index in [-0.39, 0.29) is 0 Å². The minimum absolute atomic E-state index is 0.775. The molecule has 1 aromatic carbocycles. The molecule has 0 spiro atoms. The van der Waals surface area contributed by atoms with Gasteiger partial charge in [0, 0.05) is 0 Å². The van der Waals surface area contributed by atoms with Gasteiger partial charge in [0.15, 0.2) is 4.67 Å². The lowest BCUT2D eigenvalue weighted by atomic mass is 10.1. The number of benzene rings is 1. The van der Waals surface area contributed by atoms with E-state index in [0.29, 0.717) is 0 Å². The first-order valence-corrected chi connectivity index (χ1v) is 6.54. The van der Waals surface area contributed by atoms with Crippen LogP contribution in [0.25, 0.3) is 0 Å². The van der Waals surface area contributed by atoms with Crippen molar-refractivity contribution in [1.82, 2.24) is 5.32 Å². The topological polar surface area (TPSA) is 25.2 Å². The highest BCUT2D eigenvalue weighted by atomic mass is 79.9. The van der Waals surface area contributed by atoms with Gasteiger partial charge in [0.1, 0.15) is 5.76 Å². The fourth-order valence-electron chi connectivity index (χ4n) is 1.77. The van der Waals surface area contributed by atoms with Gasteiger partial charge in [-0.3, -0.25) is 0 Å². The van der Waals surface area contributed by atoms with Crippen LogP contribution in [0, 0.1) is 6.92 Å². The summed E-state index contributed by atoms with van der Waals surface area (Å²) >= 11 is 3.29. The lowest BCUT2D eigenvalue weighted by Crippen LogP contribution is -2.16. The summed E-state index contributed by atoms with van der Waals surface area (Å²) in [5.74, 6) is 0.960. The van der Waals surface area contributed by atoms with Crippen LogP contribution in [0.1, 0.15) is 16.9 Å². The van der Waals surface area contributed by atoms with Gasteiger partial charge >= 0.3 is 0 Å². The van der Waals surface area contributed by atoms with Crippen LogP contribution >= 0.6 is 15.9 Å². The zero-order valence-electron chi connectivity index (χ0n) is 9.87. The van der Waals surface area contributed by atoms with E-state index in [4.69, 9.17) is 4.42 Å². The van der Waals surface area contributed by atoms with Crippen LogP contribution in [0.3, 0.4) is 0 Å². The Morgan fingerprint density at radius 1 is 1.18 bits per heavy atom. The average Bonchev–Trinajstić information content (AvgIpc) is 2.73. The van der Waals surface area contributed by atoms with Gasteiger partial charge in [-0.1, -0.05) is 24.3 Å². The largest absolute Gasteiger partial charge is 0.453 e. The second kappa shape index (κ2) is 6.03. The Morgan fingerprint density at radius 3 is 2.71 bits per heavy atom. The molecule has 0 aliphatic rings. The van der Waals surface area contributed by atoms with Gasteiger partial charge in [-0.25, -0.2) is 0 Å². The molecule has 17 heavy (non-hydrogen) atoms. The summed E-state index contributed by atoms with van der Waals surface area (Å²) in [6.45, 7) is 3.89. The Morgan fingerprint density at radius 2 is 2.00 bits per heavy atom. The molecule has 0 saturated heterocycles. The van der Waals surface area contributed by atoms with Crippen molar-refractivity contribution in [3.8, 4) is 0 Å². The van der Waals surface area contributed by atoms with Gasteiger partial charge in [0.25, 0.3) is 0 Å². The van der Waals surface area contributed by atoms with Crippen molar-refractivity contribution in [2.24, 2.45) is 0 Å². The minimum Gasteiger partial charge on any atom is -0.453 e. The van der Waals surface area contributed by atoms with Gasteiger partial charge in [-0.05, 0) is 59.1 Å². The van der Waals surface area contributed by atoms with Crippen LogP contribution in [-0.2, 0) is 13.0 Å². The lowest BCUT2D eigenvalue weighted by Gasteiger charge is -2.06. The summed E-state index contributed by atoms with van der Waals surface area (Å²) in [4.78, 5) is 0. The number of furan rings is 1. The molecule has 2 nitrogen and oxygen atoms in total. The third-order valence-corrected chi connectivity index (χ3v) is 3.19. The summed E-state index contributed by atoms with van der Waals surface area (Å²) < 4.78 is 6.20. The van der Waals surface area contributed by atoms with Crippen LogP contribution in [0.5, 0.6) is 0 Å². The Hall–Kier alpha value is -1.06. The number of hydrogen-bond acceptors (Lipinski definition) is 2. The molecule has 0 bridgehead atoms. The standard InChI is InChI=1S/C14H16BrNO/c1-11-4-2-3-5-12(11)8-9-16-10-13-6-7-14(15)17-13/h2-7,16H,8-10H2,1H3. The third-order valence-electron chi connectivity index (χ3n) is 2.76. The molecule has 0 saturated carbocycles. The van der Waals surface area contributed by atoms with Gasteiger partial charge < -0.3 is 9.73 Å². The Labute approximate surface area is 110 Å². The van der Waals surface area contributed by atoms with E-state index >= 15 is 0 Å². The first-order valence-electron chi connectivity index (χ1n) is 5.75. The fraction of sp³-hybridized carbons (Fsp3) is 0.286. The van der Waals surface area contributed by atoms with Crippen molar-refractivity contribution in [2.45, 2.75) is 19.9 Å². The molecule has 0 aliphatic carbocycles. The van der Waals surface area contributed by atoms with Crippen LogP contribution in [0.15, 0.2) is 45.5 Å². The summed E-state index contributed by atoms with van der Waals surface area (Å²) in [5, 5.41) is 3.38. The van der Waals surface area contributed by atoms with Gasteiger partial charge in [0.05, 0.1) is 6.54 Å². The van der Waals surface area contributed by atoms with E-state index in [1.807, 2.05) is 12.1 Å². The molecule has 2 aromatic rings. The normalized spacial score (nSPS) is 10.7. The molecule has 2 rings (SSSR count). The maximum absolute atomic E-state index is 5.41. The molecule has 0 fully saturated rings.